The minimum absolute atomic E-state index is 0.00939. The molecule has 0 radical (unpaired) electrons. The van der Waals surface area contributed by atoms with Crippen molar-refractivity contribution >= 4 is 62.7 Å². The van der Waals surface area contributed by atoms with Crippen LogP contribution in [0.1, 0.15) is 78.1 Å². The van der Waals surface area contributed by atoms with Crippen molar-refractivity contribution in [1.29, 1.82) is 0 Å². The number of aromatic amines is 2. The van der Waals surface area contributed by atoms with Crippen molar-refractivity contribution in [2.75, 3.05) is 0 Å². The van der Waals surface area contributed by atoms with Crippen LogP contribution in [0, 0.1) is 13.8 Å². The van der Waals surface area contributed by atoms with E-state index in [0.717, 1.165) is 95.7 Å². The maximum atomic E-state index is 11.5. The van der Waals surface area contributed by atoms with E-state index < -0.39 is 5.97 Å². The van der Waals surface area contributed by atoms with Crippen LogP contribution in [0.5, 0.6) is 0 Å². The first kappa shape index (κ1) is 27.8. The molecule has 5 heterocycles. The van der Waals surface area contributed by atoms with Crippen LogP contribution in [0.3, 0.4) is 0 Å². The van der Waals surface area contributed by atoms with Crippen molar-refractivity contribution in [2.24, 2.45) is 0 Å². The van der Waals surface area contributed by atoms with E-state index in [1.807, 2.05) is 57.2 Å². The Morgan fingerprint density at radius 3 is 2.10 bits per heavy atom. The van der Waals surface area contributed by atoms with Gasteiger partial charge in [-0.05, 0) is 98.2 Å². The molecule has 5 rings (SSSR count). The van der Waals surface area contributed by atoms with Crippen LogP contribution in [0.2, 0.25) is 0 Å². The number of aromatic nitrogens is 4. The van der Waals surface area contributed by atoms with Crippen molar-refractivity contribution in [3.05, 3.63) is 88.5 Å². The molecule has 3 aromatic rings. The van der Waals surface area contributed by atoms with E-state index in [2.05, 4.69) is 30.0 Å². The summed E-state index contributed by atoms with van der Waals surface area (Å²) in [5.74, 6) is -0.853. The number of nitrogens with zero attached hydrogens (tertiary/aromatic N) is 2. The summed E-state index contributed by atoms with van der Waals surface area (Å²) in [5, 5.41) is 9.45. The molecule has 0 saturated carbocycles. The molecule has 0 saturated heterocycles. The Hall–Kier alpha value is -4.78. The summed E-state index contributed by atoms with van der Waals surface area (Å²) in [6.45, 7) is 16.2. The second-order valence-electron chi connectivity index (χ2n) is 10.5. The highest BCUT2D eigenvalue weighted by Gasteiger charge is 2.20. The summed E-state index contributed by atoms with van der Waals surface area (Å²) < 4.78 is 0. The molecule has 8 bridgehead atoms. The van der Waals surface area contributed by atoms with Gasteiger partial charge in [-0.1, -0.05) is 25.3 Å². The van der Waals surface area contributed by atoms with Crippen LogP contribution >= 0.6 is 0 Å². The average molecular weight is 547 g/mol. The molecule has 7 nitrogen and oxygen atoms in total. The number of H-pyrrole nitrogens is 2. The lowest BCUT2D eigenvalue weighted by Crippen LogP contribution is -1.98. The Bertz CT molecular complexity index is 1860. The smallest absolute Gasteiger partial charge is 0.303 e. The van der Waals surface area contributed by atoms with E-state index in [1.165, 1.54) is 0 Å². The minimum Gasteiger partial charge on any atom is -0.481 e. The van der Waals surface area contributed by atoms with E-state index in [0.29, 0.717) is 19.3 Å². The summed E-state index contributed by atoms with van der Waals surface area (Å²) in [6.07, 6.45) is 5.93. The first-order valence-corrected chi connectivity index (χ1v) is 13.7. The van der Waals surface area contributed by atoms with Gasteiger partial charge in [-0.25, -0.2) is 9.97 Å². The molecule has 2 aliphatic rings. The number of carboxylic acids is 1. The summed E-state index contributed by atoms with van der Waals surface area (Å²) in [7, 11) is 0. The normalized spacial score (nSPS) is 13.1. The second kappa shape index (κ2) is 11.0. The molecule has 0 aromatic carbocycles. The number of aliphatic carboxylic acids is 1. The van der Waals surface area contributed by atoms with E-state index in [9.17, 15) is 14.7 Å². The van der Waals surface area contributed by atoms with Gasteiger partial charge in [0.2, 0.25) is 0 Å². The molecule has 3 N–H and O–H groups in total. The van der Waals surface area contributed by atoms with Gasteiger partial charge in [0.05, 0.1) is 22.8 Å². The zero-order chi connectivity index (χ0) is 29.4. The SMILES string of the molecule is C=CC1=C(C)c2cc3[nH]c(cc4nc(cc5[nH]c(cc1n2)c(C)c5C=C)C(C)=C4CCC=O)c(CCC(=O)O)c3C. The van der Waals surface area contributed by atoms with Crippen molar-refractivity contribution < 1.29 is 14.7 Å². The number of allylic oxidation sites excluding steroid dienone is 5. The highest BCUT2D eigenvalue weighted by molar-refractivity contribution is 5.98. The Morgan fingerprint density at radius 1 is 0.805 bits per heavy atom. The Labute approximate surface area is 239 Å². The number of fused-ring (bicyclic) bond motifs is 8. The van der Waals surface area contributed by atoms with Crippen molar-refractivity contribution in [3.8, 4) is 0 Å². The summed E-state index contributed by atoms with van der Waals surface area (Å²) in [5.41, 5.74) is 14.6. The van der Waals surface area contributed by atoms with Gasteiger partial charge < -0.3 is 19.9 Å². The molecule has 0 atom stereocenters. The van der Waals surface area contributed by atoms with E-state index >= 15 is 0 Å². The van der Waals surface area contributed by atoms with Gasteiger partial charge in [-0.2, -0.15) is 0 Å². The molecular weight excluding hydrogens is 512 g/mol. The number of nitrogens with one attached hydrogen (secondary N) is 2. The predicted octanol–water partition coefficient (Wildman–Crippen LogP) is 7.62. The van der Waals surface area contributed by atoms with Gasteiger partial charge in [0.1, 0.15) is 6.29 Å². The van der Waals surface area contributed by atoms with Crippen molar-refractivity contribution in [2.45, 2.75) is 53.4 Å². The summed E-state index contributed by atoms with van der Waals surface area (Å²) >= 11 is 0. The molecular formula is C34H34N4O3. The summed E-state index contributed by atoms with van der Waals surface area (Å²) in [6, 6.07) is 8.06. The van der Waals surface area contributed by atoms with Gasteiger partial charge >= 0.3 is 5.97 Å². The second-order valence-corrected chi connectivity index (χ2v) is 10.5. The molecule has 0 spiro atoms. The van der Waals surface area contributed by atoms with Crippen molar-refractivity contribution in [3.63, 3.8) is 0 Å². The first-order valence-electron chi connectivity index (χ1n) is 13.7. The van der Waals surface area contributed by atoms with Crippen LogP contribution in [-0.4, -0.2) is 37.3 Å². The third-order valence-corrected chi connectivity index (χ3v) is 8.14. The van der Waals surface area contributed by atoms with Crippen LogP contribution in [0.15, 0.2) is 43.5 Å². The first-order chi connectivity index (χ1) is 19.7. The highest BCUT2D eigenvalue weighted by Crippen LogP contribution is 2.36. The highest BCUT2D eigenvalue weighted by atomic mass is 16.4. The number of carbonyl (C=O) groups is 2. The quantitative estimate of drug-likeness (QED) is 0.252. The van der Waals surface area contributed by atoms with Crippen LogP contribution in [0.4, 0.5) is 0 Å². The zero-order valence-electron chi connectivity index (χ0n) is 23.9. The molecule has 0 unspecified atom stereocenters. The van der Waals surface area contributed by atoms with Crippen LogP contribution in [0.25, 0.3) is 50.4 Å². The van der Waals surface area contributed by atoms with Gasteiger partial charge in [-0.15, -0.1) is 0 Å². The van der Waals surface area contributed by atoms with Gasteiger partial charge in [0.15, 0.2) is 0 Å². The monoisotopic (exact) mass is 546 g/mol. The molecule has 3 aromatic heterocycles. The van der Waals surface area contributed by atoms with E-state index in [4.69, 9.17) is 9.97 Å². The minimum atomic E-state index is -0.853. The molecule has 41 heavy (non-hydrogen) atoms. The van der Waals surface area contributed by atoms with E-state index in [1.54, 1.807) is 0 Å². The zero-order valence-corrected chi connectivity index (χ0v) is 23.9. The predicted molar refractivity (Wildman–Crippen MR) is 167 cm³/mol. The molecule has 0 amide bonds. The lowest BCUT2D eigenvalue weighted by Gasteiger charge is -2.02. The fraction of sp³-hybridized carbons (Fsp3) is 0.235. The standard InChI is InChI=1S/C34H34N4O3/c1-7-22-18(3)26-14-27-21(6)25(11-12-34(40)41)33(37-27)17-32-24(10-9-13-39)20(5)29(38-32)16-31-23(8-2)19(4)28(36-31)15-30(22)35-26/h7-8,13-17,36-37H,1-2,9-12H2,3-6H3,(H,40,41). The molecule has 0 fully saturated rings. The van der Waals surface area contributed by atoms with Crippen LogP contribution < -0.4 is 0 Å². The lowest BCUT2D eigenvalue weighted by molar-refractivity contribution is -0.136. The maximum Gasteiger partial charge on any atom is 0.303 e. The molecule has 7 heteroatoms. The number of carbonyl (C=O) groups excluding carboxylic acids is 1. The Kier molecular flexibility index (Phi) is 7.45. The topological polar surface area (TPSA) is 112 Å². The summed E-state index contributed by atoms with van der Waals surface area (Å²) in [4.78, 5) is 39.9. The number of aryl methyl sites for hydroxylation is 3. The molecule has 0 aliphatic carbocycles. The fourth-order valence-corrected chi connectivity index (χ4v) is 5.74. The number of rotatable bonds is 8. The number of carboxylic acid groups (broad SMARTS) is 1. The number of aldehydes is 1. The molecule has 2 aliphatic heterocycles. The Balaban J connectivity index is 1.95. The number of hydrogen-bond donors (Lipinski definition) is 3. The lowest BCUT2D eigenvalue weighted by atomic mass is 10.0. The fourth-order valence-electron chi connectivity index (χ4n) is 5.74. The van der Waals surface area contributed by atoms with Crippen molar-refractivity contribution in [1.82, 2.24) is 19.9 Å². The van der Waals surface area contributed by atoms with Gasteiger partial charge in [0, 0.05) is 46.0 Å². The third-order valence-electron chi connectivity index (χ3n) is 8.14. The average Bonchev–Trinajstić information content (AvgIpc) is 3.59. The van der Waals surface area contributed by atoms with Gasteiger partial charge in [0.25, 0.3) is 0 Å². The van der Waals surface area contributed by atoms with E-state index in [-0.39, 0.29) is 6.42 Å². The third kappa shape index (κ3) is 4.99. The maximum absolute atomic E-state index is 11.5. The Morgan fingerprint density at radius 2 is 1.41 bits per heavy atom. The number of hydrogen-bond acceptors (Lipinski definition) is 4. The molecule has 208 valence electrons. The largest absolute Gasteiger partial charge is 0.481 e. The van der Waals surface area contributed by atoms with Crippen LogP contribution in [-0.2, 0) is 16.0 Å². The van der Waals surface area contributed by atoms with Gasteiger partial charge in [-0.3, -0.25) is 4.79 Å².